The molecule has 1 amide bonds. The first-order valence-corrected chi connectivity index (χ1v) is 11.2. The predicted molar refractivity (Wildman–Crippen MR) is 119 cm³/mol. The van der Waals surface area contributed by atoms with E-state index < -0.39 is 0 Å². The van der Waals surface area contributed by atoms with Gasteiger partial charge in [0.15, 0.2) is 5.82 Å². The summed E-state index contributed by atoms with van der Waals surface area (Å²) < 4.78 is 0. The lowest BCUT2D eigenvalue weighted by atomic mass is 9.97. The van der Waals surface area contributed by atoms with Crippen molar-refractivity contribution in [2.24, 2.45) is 0 Å². The summed E-state index contributed by atoms with van der Waals surface area (Å²) in [7, 11) is 0. The molecule has 5 nitrogen and oxygen atoms in total. The van der Waals surface area contributed by atoms with Gasteiger partial charge in [-0.15, -0.1) is 11.3 Å². The fraction of sp³-hybridized carbons (Fsp3) is 0.348. The van der Waals surface area contributed by atoms with Crippen molar-refractivity contribution in [3.63, 3.8) is 0 Å². The first-order valence-electron chi connectivity index (χ1n) is 10.3. The molecule has 29 heavy (non-hydrogen) atoms. The van der Waals surface area contributed by atoms with Crippen molar-refractivity contribution >= 4 is 45.4 Å². The number of benzene rings is 1. The van der Waals surface area contributed by atoms with Crippen LogP contribution in [-0.4, -0.2) is 35.5 Å². The van der Waals surface area contributed by atoms with Crippen molar-refractivity contribution in [1.29, 1.82) is 0 Å². The fourth-order valence-electron chi connectivity index (χ4n) is 4.17. The van der Waals surface area contributed by atoms with E-state index in [0.29, 0.717) is 19.5 Å². The van der Waals surface area contributed by atoms with Gasteiger partial charge in [0, 0.05) is 30.9 Å². The van der Waals surface area contributed by atoms with Crippen molar-refractivity contribution in [1.82, 2.24) is 15.3 Å². The molecule has 0 bridgehead atoms. The smallest absolute Gasteiger partial charge is 0.221 e. The highest BCUT2D eigenvalue weighted by Gasteiger charge is 2.24. The van der Waals surface area contributed by atoms with Crippen LogP contribution in [0.3, 0.4) is 0 Å². The Hall–Kier alpha value is -2.73. The van der Waals surface area contributed by atoms with Gasteiger partial charge < -0.3 is 10.2 Å². The third kappa shape index (κ3) is 3.77. The summed E-state index contributed by atoms with van der Waals surface area (Å²) in [6, 6.07) is 10.2. The van der Waals surface area contributed by atoms with Gasteiger partial charge >= 0.3 is 0 Å². The third-order valence-corrected chi connectivity index (χ3v) is 6.84. The molecule has 6 heteroatoms. The van der Waals surface area contributed by atoms with E-state index >= 15 is 0 Å². The van der Waals surface area contributed by atoms with Crippen LogP contribution >= 0.6 is 11.3 Å². The Morgan fingerprint density at radius 1 is 1.00 bits per heavy atom. The van der Waals surface area contributed by atoms with Crippen LogP contribution in [0.5, 0.6) is 0 Å². The normalized spacial score (nSPS) is 17.4. The molecule has 0 radical (unpaired) electrons. The van der Waals surface area contributed by atoms with Crippen LogP contribution in [-0.2, 0) is 17.6 Å². The van der Waals surface area contributed by atoms with E-state index in [9.17, 15) is 4.79 Å². The number of hydrogen-bond donors (Lipinski definition) is 1. The summed E-state index contributed by atoms with van der Waals surface area (Å²) >= 11 is 1.83. The summed E-state index contributed by atoms with van der Waals surface area (Å²) in [6.45, 7) is 2.14. The maximum absolute atomic E-state index is 11.9. The summed E-state index contributed by atoms with van der Waals surface area (Å²) in [4.78, 5) is 26.6. The number of nitrogens with one attached hydrogen (secondary N) is 1. The quantitative estimate of drug-likeness (QED) is 0.715. The molecule has 3 heterocycles. The highest BCUT2D eigenvalue weighted by molar-refractivity contribution is 7.19. The molecule has 1 fully saturated rings. The third-order valence-electron chi connectivity index (χ3n) is 5.65. The lowest BCUT2D eigenvalue weighted by molar-refractivity contribution is -0.120. The average Bonchev–Trinajstić information content (AvgIpc) is 2.99. The van der Waals surface area contributed by atoms with E-state index in [2.05, 4.69) is 28.4 Å². The van der Waals surface area contributed by atoms with Crippen LogP contribution in [0, 0.1) is 0 Å². The number of thiophene rings is 1. The monoisotopic (exact) mass is 404 g/mol. The topological polar surface area (TPSA) is 58.1 Å². The standard InChI is InChI=1S/C23H24N4OS/c28-20-12-14-27(15-13-24-20)22-21-17-8-4-5-9-18(17)29-23(21)26-19(25-22)11-10-16-6-2-1-3-7-16/h1-3,6-7,10-11H,4-5,8-9,12-15H2,(H,24,28)/b11-10+. The summed E-state index contributed by atoms with van der Waals surface area (Å²) in [5.74, 6) is 1.85. The molecular weight excluding hydrogens is 380 g/mol. The van der Waals surface area contributed by atoms with Gasteiger partial charge in [0.1, 0.15) is 10.6 Å². The number of aromatic nitrogens is 2. The second-order valence-electron chi connectivity index (χ2n) is 7.63. The largest absolute Gasteiger partial charge is 0.354 e. The number of anilines is 1. The molecule has 0 atom stereocenters. The van der Waals surface area contributed by atoms with Gasteiger partial charge in [0.25, 0.3) is 0 Å². The minimum atomic E-state index is 0.120. The van der Waals surface area contributed by atoms with Gasteiger partial charge in [0.05, 0.1) is 5.39 Å². The van der Waals surface area contributed by atoms with Gasteiger partial charge in [-0.25, -0.2) is 9.97 Å². The Morgan fingerprint density at radius 2 is 1.86 bits per heavy atom. The Morgan fingerprint density at radius 3 is 2.76 bits per heavy atom. The molecule has 148 valence electrons. The van der Waals surface area contributed by atoms with Crippen LogP contribution in [0.15, 0.2) is 30.3 Å². The number of nitrogens with zero attached hydrogens (tertiary/aromatic N) is 3. The molecule has 1 aromatic carbocycles. The van der Waals surface area contributed by atoms with E-state index in [1.54, 1.807) is 0 Å². The molecule has 3 aromatic rings. The van der Waals surface area contributed by atoms with Gasteiger partial charge in [-0.05, 0) is 42.9 Å². The minimum absolute atomic E-state index is 0.120. The number of fused-ring (bicyclic) bond motifs is 3. The van der Waals surface area contributed by atoms with Gasteiger partial charge in [0.2, 0.25) is 5.91 Å². The van der Waals surface area contributed by atoms with Gasteiger partial charge in [-0.3, -0.25) is 4.79 Å². The Bertz CT molecular complexity index is 1070. The van der Waals surface area contributed by atoms with E-state index in [1.807, 2.05) is 35.6 Å². The molecule has 5 rings (SSSR count). The van der Waals surface area contributed by atoms with Gasteiger partial charge in [-0.2, -0.15) is 0 Å². The van der Waals surface area contributed by atoms with E-state index in [4.69, 9.17) is 9.97 Å². The molecule has 1 saturated heterocycles. The van der Waals surface area contributed by atoms with Crippen LogP contribution in [0.2, 0.25) is 0 Å². The molecule has 1 N–H and O–H groups in total. The predicted octanol–water partition coefficient (Wildman–Crippen LogP) is 4.07. The van der Waals surface area contributed by atoms with Crippen molar-refractivity contribution < 1.29 is 4.79 Å². The number of carbonyl (C=O) groups is 1. The highest BCUT2D eigenvalue weighted by atomic mass is 32.1. The van der Waals surface area contributed by atoms with Crippen LogP contribution < -0.4 is 10.2 Å². The number of rotatable bonds is 3. The second-order valence-corrected chi connectivity index (χ2v) is 8.71. The van der Waals surface area contributed by atoms with Gasteiger partial charge in [-0.1, -0.05) is 36.4 Å². The fourth-order valence-corrected chi connectivity index (χ4v) is 5.43. The first-order chi connectivity index (χ1) is 14.3. The van der Waals surface area contributed by atoms with Crippen molar-refractivity contribution in [2.75, 3.05) is 24.5 Å². The number of hydrogen-bond acceptors (Lipinski definition) is 5. The lowest BCUT2D eigenvalue weighted by Crippen LogP contribution is -2.29. The lowest BCUT2D eigenvalue weighted by Gasteiger charge is -2.23. The highest BCUT2D eigenvalue weighted by Crippen LogP contribution is 2.40. The molecular formula is C23H24N4OS. The maximum atomic E-state index is 11.9. The molecule has 0 unspecified atom stereocenters. The number of amides is 1. The summed E-state index contributed by atoms with van der Waals surface area (Å²) in [5.41, 5.74) is 2.57. The van der Waals surface area contributed by atoms with Crippen LogP contribution in [0.25, 0.3) is 22.4 Å². The average molecular weight is 405 g/mol. The van der Waals surface area contributed by atoms with E-state index in [-0.39, 0.29) is 5.91 Å². The number of aryl methyl sites for hydroxylation is 2. The molecule has 0 spiro atoms. The number of carbonyl (C=O) groups excluding carboxylic acids is 1. The summed E-state index contributed by atoms with van der Waals surface area (Å²) in [6.07, 6.45) is 9.30. The van der Waals surface area contributed by atoms with Crippen molar-refractivity contribution in [3.05, 3.63) is 52.2 Å². The Labute approximate surface area is 174 Å². The van der Waals surface area contributed by atoms with Crippen LogP contribution in [0.1, 0.15) is 41.1 Å². The Kier molecular flexibility index (Phi) is 5.02. The molecule has 2 aromatic heterocycles. The summed E-state index contributed by atoms with van der Waals surface area (Å²) in [5, 5.41) is 4.19. The van der Waals surface area contributed by atoms with Crippen molar-refractivity contribution in [3.8, 4) is 0 Å². The zero-order valence-electron chi connectivity index (χ0n) is 16.4. The maximum Gasteiger partial charge on any atom is 0.221 e. The van der Waals surface area contributed by atoms with Crippen molar-refractivity contribution in [2.45, 2.75) is 32.1 Å². The molecule has 1 aliphatic carbocycles. The zero-order chi connectivity index (χ0) is 19.6. The minimum Gasteiger partial charge on any atom is -0.354 e. The molecule has 2 aliphatic rings. The SMILES string of the molecule is O=C1CCN(c2nc(/C=C/c3ccccc3)nc3sc4c(c23)CCCC4)CCN1. The Balaban J connectivity index is 1.60. The zero-order valence-corrected chi connectivity index (χ0v) is 17.2. The van der Waals surface area contributed by atoms with E-state index in [0.717, 1.165) is 41.4 Å². The van der Waals surface area contributed by atoms with Crippen LogP contribution in [0.4, 0.5) is 5.82 Å². The molecule has 0 saturated carbocycles. The second kappa shape index (κ2) is 7.95. The van der Waals surface area contributed by atoms with E-state index in [1.165, 1.54) is 28.7 Å². The molecule has 1 aliphatic heterocycles. The first kappa shape index (κ1) is 18.3.